The van der Waals surface area contributed by atoms with Crippen molar-refractivity contribution in [2.75, 3.05) is 18.4 Å². The highest BCUT2D eigenvalue weighted by Crippen LogP contribution is 2.19. The number of hydrogen-bond donors (Lipinski definition) is 2. The van der Waals surface area contributed by atoms with Gasteiger partial charge in [0.2, 0.25) is 0 Å². The van der Waals surface area contributed by atoms with Crippen LogP contribution in [-0.4, -0.2) is 34.1 Å². The molecule has 0 heterocycles. The second kappa shape index (κ2) is 8.46. The first kappa shape index (κ1) is 19.4. The molecule has 0 aliphatic rings. The minimum absolute atomic E-state index is 0.138. The first-order chi connectivity index (χ1) is 11.8. The molecule has 0 spiro atoms. The van der Waals surface area contributed by atoms with Gasteiger partial charge in [-0.2, -0.15) is 0 Å². The van der Waals surface area contributed by atoms with Crippen LogP contribution in [0.2, 0.25) is 0 Å². The molecule has 1 unspecified atom stereocenters. The molecule has 25 heavy (non-hydrogen) atoms. The van der Waals surface area contributed by atoms with Crippen LogP contribution in [0.15, 0.2) is 57.9 Å². The molecule has 0 saturated carbocycles. The number of ether oxygens (including phenoxy) is 1. The summed E-state index contributed by atoms with van der Waals surface area (Å²) < 4.78 is 33.1. The second-order valence-electron chi connectivity index (χ2n) is 5.47. The third-order valence-corrected chi connectivity index (χ3v) is 5.22. The van der Waals surface area contributed by atoms with E-state index in [0.717, 1.165) is 4.47 Å². The van der Waals surface area contributed by atoms with Crippen LogP contribution < -0.4 is 10.0 Å². The lowest BCUT2D eigenvalue weighted by Crippen LogP contribution is -2.35. The zero-order valence-electron chi connectivity index (χ0n) is 13.8. The Kier molecular flexibility index (Phi) is 6.57. The highest BCUT2D eigenvalue weighted by atomic mass is 79.9. The monoisotopic (exact) mass is 426 g/mol. The van der Waals surface area contributed by atoms with Gasteiger partial charge in [-0.3, -0.25) is 9.52 Å². The molecule has 134 valence electrons. The topological polar surface area (TPSA) is 84.5 Å². The summed E-state index contributed by atoms with van der Waals surface area (Å²) in [7, 11) is -2.17. The van der Waals surface area contributed by atoms with Crippen molar-refractivity contribution in [1.29, 1.82) is 0 Å². The summed E-state index contributed by atoms with van der Waals surface area (Å²) >= 11 is 3.27. The predicted molar refractivity (Wildman–Crippen MR) is 100 cm³/mol. The van der Waals surface area contributed by atoms with E-state index in [1.165, 1.54) is 18.2 Å². The molecule has 0 aliphatic heterocycles. The average Bonchev–Trinajstić information content (AvgIpc) is 2.55. The third kappa shape index (κ3) is 5.55. The van der Waals surface area contributed by atoms with Gasteiger partial charge in [0, 0.05) is 28.9 Å². The van der Waals surface area contributed by atoms with Crippen molar-refractivity contribution in [3.63, 3.8) is 0 Å². The Bertz CT molecular complexity index is 838. The summed E-state index contributed by atoms with van der Waals surface area (Å²) in [6, 6.07) is 12.5. The Morgan fingerprint density at radius 1 is 1.20 bits per heavy atom. The maximum absolute atomic E-state index is 12.4. The van der Waals surface area contributed by atoms with Crippen molar-refractivity contribution in [3.8, 4) is 0 Å². The van der Waals surface area contributed by atoms with E-state index in [1.54, 1.807) is 37.4 Å². The summed E-state index contributed by atoms with van der Waals surface area (Å²) in [6.07, 6.45) is 0. The Morgan fingerprint density at radius 2 is 1.88 bits per heavy atom. The molecule has 6 nitrogen and oxygen atoms in total. The van der Waals surface area contributed by atoms with Crippen LogP contribution in [0, 0.1) is 0 Å². The van der Waals surface area contributed by atoms with Crippen molar-refractivity contribution in [3.05, 3.63) is 58.6 Å². The SMILES string of the molecule is COCC(C)NC(=O)c1cccc(NS(=O)(=O)c2ccc(Br)cc2)c1. The van der Waals surface area contributed by atoms with E-state index in [4.69, 9.17) is 4.74 Å². The molecular weight excluding hydrogens is 408 g/mol. The summed E-state index contributed by atoms with van der Waals surface area (Å²) in [5.41, 5.74) is 0.675. The molecule has 0 aliphatic carbocycles. The Balaban J connectivity index is 2.15. The number of rotatable bonds is 7. The van der Waals surface area contributed by atoms with Crippen LogP contribution in [0.4, 0.5) is 5.69 Å². The number of sulfonamides is 1. The average molecular weight is 427 g/mol. The highest BCUT2D eigenvalue weighted by molar-refractivity contribution is 9.10. The van der Waals surface area contributed by atoms with Gasteiger partial charge in [-0.05, 0) is 49.4 Å². The quantitative estimate of drug-likeness (QED) is 0.712. The lowest BCUT2D eigenvalue weighted by molar-refractivity contribution is 0.0905. The molecule has 1 atom stereocenters. The fourth-order valence-electron chi connectivity index (χ4n) is 2.15. The Labute approximate surface area is 155 Å². The fourth-order valence-corrected chi connectivity index (χ4v) is 3.46. The number of hydrogen-bond acceptors (Lipinski definition) is 4. The molecule has 2 aromatic rings. The number of anilines is 1. The van der Waals surface area contributed by atoms with Crippen molar-refractivity contribution >= 4 is 37.5 Å². The van der Waals surface area contributed by atoms with E-state index in [2.05, 4.69) is 26.0 Å². The van der Waals surface area contributed by atoms with Gasteiger partial charge >= 0.3 is 0 Å². The number of benzene rings is 2. The minimum atomic E-state index is -3.73. The Morgan fingerprint density at radius 3 is 2.52 bits per heavy atom. The standard InChI is InChI=1S/C17H19BrN2O4S/c1-12(11-24-2)19-17(21)13-4-3-5-15(10-13)20-25(22,23)16-8-6-14(18)7-9-16/h3-10,12,20H,11H2,1-2H3,(H,19,21). The predicted octanol–water partition coefficient (Wildman–Crippen LogP) is 3.01. The van der Waals surface area contributed by atoms with Crippen LogP contribution in [0.1, 0.15) is 17.3 Å². The number of nitrogens with one attached hydrogen (secondary N) is 2. The summed E-state index contributed by atoms with van der Waals surface area (Å²) in [6.45, 7) is 2.21. The van der Waals surface area contributed by atoms with Gasteiger partial charge in [0.1, 0.15) is 0 Å². The Hall–Kier alpha value is -1.90. The zero-order valence-corrected chi connectivity index (χ0v) is 16.2. The first-order valence-electron chi connectivity index (χ1n) is 7.50. The summed E-state index contributed by atoms with van der Waals surface area (Å²) in [5.74, 6) is -0.297. The molecule has 1 amide bonds. The van der Waals surface area contributed by atoms with E-state index in [-0.39, 0.29) is 16.8 Å². The van der Waals surface area contributed by atoms with Gasteiger partial charge in [0.15, 0.2) is 0 Å². The molecule has 8 heteroatoms. The lowest BCUT2D eigenvalue weighted by atomic mass is 10.2. The van der Waals surface area contributed by atoms with E-state index in [0.29, 0.717) is 17.9 Å². The maximum atomic E-state index is 12.4. The van der Waals surface area contributed by atoms with E-state index < -0.39 is 10.0 Å². The molecule has 2 N–H and O–H groups in total. The smallest absolute Gasteiger partial charge is 0.261 e. The van der Waals surface area contributed by atoms with Crippen LogP contribution in [0.5, 0.6) is 0 Å². The van der Waals surface area contributed by atoms with Crippen molar-refractivity contribution in [2.24, 2.45) is 0 Å². The molecule has 0 aromatic heterocycles. The van der Waals surface area contributed by atoms with Crippen molar-refractivity contribution in [2.45, 2.75) is 17.9 Å². The molecule has 0 saturated heterocycles. The second-order valence-corrected chi connectivity index (χ2v) is 8.07. The van der Waals surface area contributed by atoms with Crippen molar-refractivity contribution in [1.82, 2.24) is 5.32 Å². The number of halogens is 1. The van der Waals surface area contributed by atoms with Gasteiger partial charge in [0.25, 0.3) is 15.9 Å². The van der Waals surface area contributed by atoms with Gasteiger partial charge < -0.3 is 10.1 Å². The molecule has 0 radical (unpaired) electrons. The number of carbonyl (C=O) groups excluding carboxylic acids is 1. The van der Waals surface area contributed by atoms with E-state index in [9.17, 15) is 13.2 Å². The largest absolute Gasteiger partial charge is 0.383 e. The van der Waals surface area contributed by atoms with Crippen LogP contribution in [0.3, 0.4) is 0 Å². The van der Waals surface area contributed by atoms with Gasteiger partial charge in [-0.1, -0.05) is 22.0 Å². The fraction of sp³-hybridized carbons (Fsp3) is 0.235. The number of carbonyl (C=O) groups is 1. The minimum Gasteiger partial charge on any atom is -0.383 e. The summed E-state index contributed by atoms with van der Waals surface area (Å²) in [5, 5.41) is 2.78. The third-order valence-electron chi connectivity index (χ3n) is 3.30. The maximum Gasteiger partial charge on any atom is 0.261 e. The van der Waals surface area contributed by atoms with E-state index in [1.807, 2.05) is 6.92 Å². The van der Waals surface area contributed by atoms with Gasteiger partial charge in [0.05, 0.1) is 11.5 Å². The molecule has 0 bridgehead atoms. The zero-order chi connectivity index (χ0) is 18.4. The summed E-state index contributed by atoms with van der Waals surface area (Å²) in [4.78, 5) is 12.3. The normalized spacial score (nSPS) is 12.4. The van der Waals surface area contributed by atoms with Crippen LogP contribution in [-0.2, 0) is 14.8 Å². The first-order valence-corrected chi connectivity index (χ1v) is 9.77. The van der Waals surface area contributed by atoms with E-state index >= 15 is 0 Å². The van der Waals surface area contributed by atoms with Crippen LogP contribution in [0.25, 0.3) is 0 Å². The molecule has 0 fully saturated rings. The number of methoxy groups -OCH3 is 1. The lowest BCUT2D eigenvalue weighted by Gasteiger charge is -2.13. The molecule has 2 aromatic carbocycles. The molecular formula is C17H19BrN2O4S. The molecule has 2 rings (SSSR count). The highest BCUT2D eigenvalue weighted by Gasteiger charge is 2.15. The number of amides is 1. The van der Waals surface area contributed by atoms with Crippen molar-refractivity contribution < 1.29 is 17.9 Å². The van der Waals surface area contributed by atoms with Gasteiger partial charge in [-0.15, -0.1) is 0 Å². The van der Waals surface area contributed by atoms with Gasteiger partial charge in [-0.25, -0.2) is 8.42 Å². The van der Waals surface area contributed by atoms with Crippen LogP contribution >= 0.6 is 15.9 Å².